The number of hydrogen-bond donors (Lipinski definition) is 2. The van der Waals surface area contributed by atoms with Gasteiger partial charge in [0.05, 0.1) is 5.69 Å². The summed E-state index contributed by atoms with van der Waals surface area (Å²) in [5.74, 6) is 0.563. The van der Waals surface area contributed by atoms with Crippen molar-refractivity contribution in [3.8, 4) is 0 Å². The Morgan fingerprint density at radius 3 is 2.16 bits per heavy atom. The van der Waals surface area contributed by atoms with Gasteiger partial charge >= 0.3 is 0 Å². The molecule has 1 heterocycles. The van der Waals surface area contributed by atoms with Gasteiger partial charge in [-0.05, 0) is 12.1 Å². The monoisotopic (exact) mass is 301 g/mol. The van der Waals surface area contributed by atoms with E-state index in [2.05, 4.69) is 9.98 Å². The van der Waals surface area contributed by atoms with Crippen LogP contribution in [0, 0.1) is 0 Å². The molecular formula is C12H17Cl2N5. The third kappa shape index (κ3) is 5.19. The lowest BCUT2D eigenvalue weighted by molar-refractivity contribution is 0.534. The van der Waals surface area contributed by atoms with Crippen LogP contribution in [0.3, 0.4) is 0 Å². The predicted molar refractivity (Wildman–Crippen MR) is 84.6 cm³/mol. The van der Waals surface area contributed by atoms with E-state index in [9.17, 15) is 0 Å². The molecule has 19 heavy (non-hydrogen) atoms. The number of aliphatic imine (C=N–C) groups is 2. The van der Waals surface area contributed by atoms with Gasteiger partial charge in [0.2, 0.25) is 5.96 Å². The molecule has 0 saturated heterocycles. The van der Waals surface area contributed by atoms with Crippen molar-refractivity contribution in [3.63, 3.8) is 0 Å². The molecule has 4 N–H and O–H groups in total. The predicted octanol–water partition coefficient (Wildman–Crippen LogP) is 1.66. The van der Waals surface area contributed by atoms with Gasteiger partial charge in [-0.15, -0.1) is 24.8 Å². The zero-order valence-corrected chi connectivity index (χ0v) is 11.9. The van der Waals surface area contributed by atoms with E-state index in [1.54, 1.807) is 0 Å². The largest absolute Gasteiger partial charge is 0.369 e. The van der Waals surface area contributed by atoms with Crippen molar-refractivity contribution in [1.29, 1.82) is 0 Å². The van der Waals surface area contributed by atoms with E-state index in [-0.39, 0.29) is 30.8 Å². The smallest absolute Gasteiger partial charge is 0.223 e. The minimum Gasteiger partial charge on any atom is -0.369 e. The number of hydrogen-bond acceptors (Lipinski definition) is 1. The zero-order valence-electron chi connectivity index (χ0n) is 10.3. The van der Waals surface area contributed by atoms with Crippen LogP contribution in [0.5, 0.6) is 0 Å². The molecule has 0 aromatic heterocycles. The zero-order chi connectivity index (χ0) is 12.1. The molecule has 1 aliphatic rings. The number of halogens is 2. The van der Waals surface area contributed by atoms with Crippen molar-refractivity contribution < 1.29 is 0 Å². The van der Waals surface area contributed by atoms with Gasteiger partial charge < -0.3 is 16.4 Å². The Kier molecular flexibility index (Phi) is 7.63. The molecular weight excluding hydrogens is 285 g/mol. The minimum atomic E-state index is 0. The maximum Gasteiger partial charge on any atom is 0.223 e. The van der Waals surface area contributed by atoms with E-state index in [1.807, 2.05) is 47.4 Å². The third-order valence-electron chi connectivity index (χ3n) is 2.37. The Bertz CT molecular complexity index is 462. The molecule has 0 saturated carbocycles. The summed E-state index contributed by atoms with van der Waals surface area (Å²) in [4.78, 5) is 10.1. The first-order chi connectivity index (χ1) is 8.25. The summed E-state index contributed by atoms with van der Waals surface area (Å²) in [6.07, 6.45) is 4.07. The van der Waals surface area contributed by atoms with Crippen LogP contribution in [0.4, 0.5) is 5.69 Å². The second-order valence-corrected chi connectivity index (χ2v) is 3.65. The quantitative estimate of drug-likeness (QED) is 0.470. The first-order valence-corrected chi connectivity index (χ1v) is 5.39. The highest BCUT2D eigenvalue weighted by Gasteiger charge is 2.08. The molecule has 104 valence electrons. The van der Waals surface area contributed by atoms with Gasteiger partial charge in [0, 0.05) is 13.1 Å². The number of guanidine groups is 2. The van der Waals surface area contributed by atoms with Gasteiger partial charge in [-0.25, -0.2) is 4.99 Å². The van der Waals surface area contributed by atoms with E-state index in [0.717, 1.165) is 18.8 Å². The molecule has 1 aliphatic heterocycles. The van der Waals surface area contributed by atoms with E-state index >= 15 is 0 Å². The van der Waals surface area contributed by atoms with Crippen LogP contribution in [-0.4, -0.2) is 29.9 Å². The summed E-state index contributed by atoms with van der Waals surface area (Å²) in [5.41, 5.74) is 12.3. The Morgan fingerprint density at radius 2 is 1.58 bits per heavy atom. The van der Waals surface area contributed by atoms with Crippen LogP contribution in [0.25, 0.3) is 0 Å². The van der Waals surface area contributed by atoms with E-state index in [4.69, 9.17) is 11.5 Å². The molecule has 2 rings (SSSR count). The second kappa shape index (κ2) is 8.39. The van der Waals surface area contributed by atoms with Crippen LogP contribution < -0.4 is 11.5 Å². The molecule has 7 heteroatoms. The minimum absolute atomic E-state index is 0. The molecule has 0 unspecified atom stereocenters. The maximum absolute atomic E-state index is 5.81. The van der Waals surface area contributed by atoms with Gasteiger partial charge in [0.15, 0.2) is 5.96 Å². The average Bonchev–Trinajstić information content (AvgIpc) is 2.83. The standard InChI is InChI=1S/C12H15N5.2ClH/c13-11(15-10-6-2-1-3-7-10)16-12(14)17-8-4-5-9-17;;/h1-7H,8-9H2,(H4,13,14,15,16);2*1H. The second-order valence-electron chi connectivity index (χ2n) is 3.65. The first kappa shape index (κ1) is 17.3. The Hall–Kier alpha value is -1.72. The molecule has 0 bridgehead atoms. The molecule has 0 amide bonds. The van der Waals surface area contributed by atoms with Crippen LogP contribution >= 0.6 is 24.8 Å². The van der Waals surface area contributed by atoms with Crippen LogP contribution in [-0.2, 0) is 0 Å². The van der Waals surface area contributed by atoms with Gasteiger partial charge in [0.25, 0.3) is 0 Å². The molecule has 0 aliphatic carbocycles. The lowest BCUT2D eigenvalue weighted by atomic mass is 10.3. The number of benzene rings is 1. The summed E-state index contributed by atoms with van der Waals surface area (Å²) in [6, 6.07) is 9.42. The van der Waals surface area contributed by atoms with E-state index in [1.165, 1.54) is 0 Å². The maximum atomic E-state index is 5.81. The molecule has 0 atom stereocenters. The Morgan fingerprint density at radius 1 is 1.00 bits per heavy atom. The fourth-order valence-electron chi connectivity index (χ4n) is 1.51. The van der Waals surface area contributed by atoms with Crippen molar-refractivity contribution >= 4 is 42.4 Å². The molecule has 1 aromatic rings. The summed E-state index contributed by atoms with van der Waals surface area (Å²) >= 11 is 0. The topological polar surface area (TPSA) is 80.0 Å². The van der Waals surface area contributed by atoms with Gasteiger partial charge in [-0.3, -0.25) is 0 Å². The SMILES string of the molecule is Cl.Cl.NC(=Nc1ccccc1)/N=C(/N)N1CC=CC1. The van der Waals surface area contributed by atoms with Gasteiger partial charge in [-0.2, -0.15) is 4.99 Å². The Labute approximate surface area is 124 Å². The van der Waals surface area contributed by atoms with Gasteiger partial charge in [0.1, 0.15) is 0 Å². The number of nitrogens with zero attached hydrogens (tertiary/aromatic N) is 3. The highest BCUT2D eigenvalue weighted by molar-refractivity contribution is 5.94. The molecule has 1 aromatic carbocycles. The highest BCUT2D eigenvalue weighted by Crippen LogP contribution is 2.09. The Balaban J connectivity index is 0.00000162. The fourth-order valence-corrected chi connectivity index (χ4v) is 1.51. The van der Waals surface area contributed by atoms with Crippen LogP contribution in [0.15, 0.2) is 52.5 Å². The molecule has 0 radical (unpaired) electrons. The van der Waals surface area contributed by atoms with Crippen molar-refractivity contribution in [1.82, 2.24) is 4.90 Å². The lowest BCUT2D eigenvalue weighted by Crippen LogP contribution is -2.36. The van der Waals surface area contributed by atoms with Crippen LogP contribution in [0.1, 0.15) is 0 Å². The number of rotatable bonds is 1. The van der Waals surface area contributed by atoms with Gasteiger partial charge in [-0.1, -0.05) is 30.4 Å². The van der Waals surface area contributed by atoms with E-state index in [0.29, 0.717) is 5.96 Å². The average molecular weight is 302 g/mol. The molecule has 5 nitrogen and oxygen atoms in total. The van der Waals surface area contributed by atoms with Crippen molar-refractivity contribution in [2.75, 3.05) is 13.1 Å². The summed E-state index contributed by atoms with van der Waals surface area (Å²) in [6.45, 7) is 1.54. The normalized spacial score (nSPS) is 14.8. The van der Waals surface area contributed by atoms with E-state index < -0.39 is 0 Å². The summed E-state index contributed by atoms with van der Waals surface area (Å²) in [5, 5.41) is 0. The van der Waals surface area contributed by atoms with Crippen molar-refractivity contribution in [2.24, 2.45) is 21.5 Å². The summed E-state index contributed by atoms with van der Waals surface area (Å²) < 4.78 is 0. The third-order valence-corrected chi connectivity index (χ3v) is 2.37. The van der Waals surface area contributed by atoms with Crippen LogP contribution in [0.2, 0.25) is 0 Å². The highest BCUT2D eigenvalue weighted by atomic mass is 35.5. The number of nitrogens with two attached hydrogens (primary N) is 2. The number of para-hydroxylation sites is 1. The fraction of sp³-hybridized carbons (Fsp3) is 0.167. The summed E-state index contributed by atoms with van der Waals surface area (Å²) in [7, 11) is 0. The lowest BCUT2D eigenvalue weighted by Gasteiger charge is -2.15. The first-order valence-electron chi connectivity index (χ1n) is 5.39. The molecule has 0 fully saturated rings. The van der Waals surface area contributed by atoms with Crippen molar-refractivity contribution in [3.05, 3.63) is 42.5 Å². The van der Waals surface area contributed by atoms with Crippen molar-refractivity contribution in [2.45, 2.75) is 0 Å². The molecule has 0 spiro atoms.